The third-order valence-electron chi connectivity index (χ3n) is 5.51. The number of benzene rings is 2. The first-order chi connectivity index (χ1) is 13.5. The number of fused-ring (bicyclic) bond motifs is 2. The fourth-order valence-electron chi connectivity index (χ4n) is 4.43. The molecule has 0 unspecified atom stereocenters. The van der Waals surface area contributed by atoms with Crippen LogP contribution in [0.4, 0.5) is 30.7 Å². The highest BCUT2D eigenvalue weighted by atomic mass is 32.2. The van der Waals surface area contributed by atoms with Crippen LogP contribution in [-0.4, -0.2) is 16.5 Å². The Bertz CT molecular complexity index is 970. The van der Waals surface area contributed by atoms with Crippen LogP contribution in [0.15, 0.2) is 29.2 Å². The molecule has 2 aromatic rings. The molecule has 0 saturated heterocycles. The molecule has 1 N–H and O–H groups in total. The van der Waals surface area contributed by atoms with Gasteiger partial charge in [-0.05, 0) is 65.4 Å². The Balaban J connectivity index is 1.88. The van der Waals surface area contributed by atoms with E-state index in [1.54, 1.807) is 0 Å². The van der Waals surface area contributed by atoms with E-state index in [-0.39, 0.29) is 16.7 Å². The minimum Gasteiger partial charge on any atom is -0.382 e. The summed E-state index contributed by atoms with van der Waals surface area (Å²) in [5, 5.41) is 10.0. The lowest BCUT2D eigenvalue weighted by Gasteiger charge is -2.28. The van der Waals surface area contributed by atoms with E-state index in [0.717, 1.165) is 6.07 Å². The van der Waals surface area contributed by atoms with Gasteiger partial charge in [0.2, 0.25) is 0 Å². The first-order valence-electron chi connectivity index (χ1n) is 8.93. The molecule has 2 aromatic carbocycles. The Morgan fingerprint density at radius 2 is 1.79 bits per heavy atom. The van der Waals surface area contributed by atoms with Crippen molar-refractivity contribution in [3.05, 3.63) is 63.7 Å². The van der Waals surface area contributed by atoms with Crippen LogP contribution in [-0.2, 0) is 12.8 Å². The van der Waals surface area contributed by atoms with Crippen LogP contribution in [0.5, 0.6) is 0 Å². The molecular formula is C20H15F7OS. The molecule has 0 aromatic heterocycles. The molecule has 0 bridgehead atoms. The van der Waals surface area contributed by atoms with E-state index in [1.165, 1.54) is 12.1 Å². The number of hydrogen-bond donors (Lipinski definition) is 1. The van der Waals surface area contributed by atoms with Crippen molar-refractivity contribution in [1.29, 1.82) is 0 Å². The maximum absolute atomic E-state index is 14.6. The van der Waals surface area contributed by atoms with Gasteiger partial charge in [0.1, 0.15) is 17.7 Å². The van der Waals surface area contributed by atoms with Crippen molar-refractivity contribution >= 4 is 11.8 Å². The van der Waals surface area contributed by atoms with Crippen molar-refractivity contribution < 1.29 is 35.8 Å². The van der Waals surface area contributed by atoms with Crippen molar-refractivity contribution in [2.45, 2.75) is 54.0 Å². The molecule has 156 valence electrons. The molecule has 0 spiro atoms. The summed E-state index contributed by atoms with van der Waals surface area (Å²) in [7, 11) is 0. The molecule has 2 aliphatic rings. The van der Waals surface area contributed by atoms with Crippen molar-refractivity contribution in [3.8, 4) is 0 Å². The smallest absolute Gasteiger partial charge is 0.382 e. The Hall–Kier alpha value is -1.74. The van der Waals surface area contributed by atoms with Gasteiger partial charge in [0, 0.05) is 28.9 Å². The topological polar surface area (TPSA) is 20.2 Å². The molecule has 0 fully saturated rings. The van der Waals surface area contributed by atoms with Gasteiger partial charge in [-0.1, -0.05) is 6.07 Å². The molecular weight excluding hydrogens is 421 g/mol. The van der Waals surface area contributed by atoms with Crippen LogP contribution in [0.1, 0.15) is 52.7 Å². The van der Waals surface area contributed by atoms with Gasteiger partial charge in [-0.3, -0.25) is 0 Å². The number of hydrogen-bond acceptors (Lipinski definition) is 2. The van der Waals surface area contributed by atoms with Gasteiger partial charge < -0.3 is 5.11 Å². The number of thioether (sulfide) groups is 1. The van der Waals surface area contributed by atoms with E-state index in [2.05, 4.69) is 0 Å². The fraction of sp³-hybridized carbons (Fsp3) is 0.400. The van der Waals surface area contributed by atoms with E-state index in [0.29, 0.717) is 30.9 Å². The van der Waals surface area contributed by atoms with Crippen LogP contribution >= 0.6 is 11.8 Å². The normalized spacial score (nSPS) is 23.0. The second-order valence-electron chi connectivity index (χ2n) is 7.34. The number of halogens is 7. The van der Waals surface area contributed by atoms with Crippen molar-refractivity contribution in [2.75, 3.05) is 0 Å². The summed E-state index contributed by atoms with van der Waals surface area (Å²) in [5.74, 6) is -5.87. The van der Waals surface area contributed by atoms with Gasteiger partial charge in [0.25, 0.3) is 5.92 Å². The van der Waals surface area contributed by atoms with E-state index < -0.39 is 63.7 Å². The van der Waals surface area contributed by atoms with Crippen LogP contribution in [0.3, 0.4) is 0 Å². The number of alkyl halides is 5. The van der Waals surface area contributed by atoms with E-state index in [9.17, 15) is 35.8 Å². The lowest BCUT2D eigenvalue weighted by molar-refractivity contribution is -0.0977. The highest BCUT2D eigenvalue weighted by molar-refractivity contribution is 8.00. The molecule has 1 nitrogen and oxygen atoms in total. The Morgan fingerprint density at radius 1 is 1.07 bits per heavy atom. The minimum atomic E-state index is -4.71. The largest absolute Gasteiger partial charge is 0.446 e. The van der Waals surface area contributed by atoms with Crippen molar-refractivity contribution in [2.24, 2.45) is 0 Å². The molecule has 29 heavy (non-hydrogen) atoms. The standard InChI is InChI=1S/C20H15F7OS/c21-10-6-9-2-1-3-12(16(9)14(22)7-10)11-4-5-15(29-20(25,26)27)17-13(11)8-19(23,24)18(17)28/h4-7,12,18,28H,1-3,8H2/t12-,18-/m0/s1. The number of aliphatic hydroxyl groups excluding tert-OH is 1. The molecule has 2 atom stereocenters. The Morgan fingerprint density at radius 3 is 2.48 bits per heavy atom. The molecule has 9 heteroatoms. The van der Waals surface area contributed by atoms with E-state index >= 15 is 0 Å². The molecule has 2 aliphatic carbocycles. The predicted molar refractivity (Wildman–Crippen MR) is 93.1 cm³/mol. The zero-order valence-corrected chi connectivity index (χ0v) is 15.6. The van der Waals surface area contributed by atoms with E-state index in [4.69, 9.17) is 0 Å². The maximum Gasteiger partial charge on any atom is 0.446 e. The summed E-state index contributed by atoms with van der Waals surface area (Å²) in [5.41, 5.74) is -4.39. The summed E-state index contributed by atoms with van der Waals surface area (Å²) in [6.07, 6.45) is -1.95. The van der Waals surface area contributed by atoms with Gasteiger partial charge >= 0.3 is 5.51 Å². The summed E-state index contributed by atoms with van der Waals surface area (Å²) in [6.45, 7) is 0. The average molecular weight is 436 g/mol. The molecule has 4 rings (SSSR count). The van der Waals surface area contributed by atoms with Crippen LogP contribution in [0.2, 0.25) is 0 Å². The van der Waals surface area contributed by atoms with Gasteiger partial charge in [-0.2, -0.15) is 13.2 Å². The average Bonchev–Trinajstić information content (AvgIpc) is 2.83. The summed E-state index contributed by atoms with van der Waals surface area (Å²) >= 11 is -0.560. The molecule has 0 amide bonds. The lowest BCUT2D eigenvalue weighted by atomic mass is 9.76. The van der Waals surface area contributed by atoms with Crippen LogP contribution in [0, 0.1) is 11.6 Å². The Labute approximate surface area is 165 Å². The molecule has 0 aliphatic heterocycles. The third kappa shape index (κ3) is 3.63. The highest BCUT2D eigenvalue weighted by Crippen LogP contribution is 2.53. The van der Waals surface area contributed by atoms with Crippen LogP contribution < -0.4 is 0 Å². The first-order valence-corrected chi connectivity index (χ1v) is 9.74. The quantitative estimate of drug-likeness (QED) is 0.442. The maximum atomic E-state index is 14.6. The molecule has 0 radical (unpaired) electrons. The Kier molecular flexibility index (Phi) is 4.89. The monoisotopic (exact) mass is 436 g/mol. The summed E-state index contributed by atoms with van der Waals surface area (Å²) in [4.78, 5) is -0.489. The first kappa shape index (κ1) is 20.5. The van der Waals surface area contributed by atoms with Gasteiger partial charge in [-0.25, -0.2) is 17.6 Å². The second kappa shape index (κ2) is 6.91. The van der Waals surface area contributed by atoms with E-state index in [1.807, 2.05) is 0 Å². The summed E-state index contributed by atoms with van der Waals surface area (Å²) in [6, 6.07) is 4.26. The van der Waals surface area contributed by atoms with Crippen molar-refractivity contribution in [1.82, 2.24) is 0 Å². The van der Waals surface area contributed by atoms with Gasteiger partial charge in [0.05, 0.1) is 0 Å². The zero-order chi connectivity index (χ0) is 21.1. The number of rotatable bonds is 2. The second-order valence-corrected chi connectivity index (χ2v) is 8.45. The van der Waals surface area contributed by atoms with Gasteiger partial charge in [-0.15, -0.1) is 0 Å². The minimum absolute atomic E-state index is 0.0849. The SMILES string of the molecule is O[C@H]1c2c(SC(F)(F)F)ccc([C@@H]3CCCc4cc(F)cc(F)c43)c2CC1(F)F. The molecule has 0 heterocycles. The summed E-state index contributed by atoms with van der Waals surface area (Å²) < 4.78 is 95.3. The fourth-order valence-corrected chi connectivity index (χ4v) is 5.16. The molecule has 0 saturated carbocycles. The number of aryl methyl sites for hydroxylation is 1. The number of aliphatic hydroxyl groups is 1. The zero-order valence-electron chi connectivity index (χ0n) is 14.8. The highest BCUT2D eigenvalue weighted by Gasteiger charge is 2.50. The van der Waals surface area contributed by atoms with Crippen molar-refractivity contribution in [3.63, 3.8) is 0 Å². The lowest BCUT2D eigenvalue weighted by Crippen LogP contribution is -2.22. The van der Waals surface area contributed by atoms with Crippen LogP contribution in [0.25, 0.3) is 0 Å². The predicted octanol–water partition coefficient (Wildman–Crippen LogP) is 6.27. The third-order valence-corrected chi connectivity index (χ3v) is 6.32. The van der Waals surface area contributed by atoms with Gasteiger partial charge in [0.15, 0.2) is 0 Å².